The van der Waals surface area contributed by atoms with Crippen LogP contribution in [0.5, 0.6) is 0 Å². The molecule has 0 unspecified atom stereocenters. The van der Waals surface area contributed by atoms with Crippen molar-refractivity contribution < 1.29 is 0 Å². The molecule has 0 bridgehead atoms. The molecule has 1 saturated carbocycles. The van der Waals surface area contributed by atoms with Gasteiger partial charge in [-0.05, 0) is 59.3 Å². The van der Waals surface area contributed by atoms with Gasteiger partial charge in [0, 0.05) is 26.8 Å². The van der Waals surface area contributed by atoms with Gasteiger partial charge in [0.2, 0.25) is 0 Å². The van der Waals surface area contributed by atoms with Crippen molar-refractivity contribution in [2.75, 3.05) is 5.73 Å². The molecule has 0 aliphatic heterocycles. The van der Waals surface area contributed by atoms with Crippen molar-refractivity contribution in [3.8, 4) is 0 Å². The summed E-state index contributed by atoms with van der Waals surface area (Å²) in [4.78, 5) is 0. The Morgan fingerprint density at radius 2 is 1.89 bits per heavy atom. The van der Waals surface area contributed by atoms with E-state index in [-0.39, 0.29) is 0 Å². The number of halogens is 2. The molecule has 1 aliphatic carbocycles. The lowest BCUT2D eigenvalue weighted by molar-refractivity contribution is 0.379. The van der Waals surface area contributed by atoms with Crippen LogP contribution >= 0.6 is 44.5 Å². The lowest BCUT2D eigenvalue weighted by Crippen LogP contribution is -2.33. The van der Waals surface area contributed by atoms with Crippen LogP contribution < -0.4 is 11.1 Å². The van der Waals surface area contributed by atoms with Crippen molar-refractivity contribution in [2.24, 2.45) is 0 Å². The highest BCUT2D eigenvalue weighted by molar-refractivity contribution is 9.11. The summed E-state index contributed by atoms with van der Waals surface area (Å²) in [7, 11) is 0. The molecule has 3 N–H and O–H groups in total. The van der Waals surface area contributed by atoms with Crippen molar-refractivity contribution in [2.45, 2.75) is 43.5 Å². The van der Waals surface area contributed by atoms with E-state index in [4.69, 9.17) is 5.73 Å². The summed E-state index contributed by atoms with van der Waals surface area (Å²) in [5.74, 6) is 0. The first-order valence-corrected chi connectivity index (χ1v) is 8.31. The highest BCUT2D eigenvalue weighted by Crippen LogP contribution is 2.29. The average Bonchev–Trinajstić information content (AvgIpc) is 2.34. The molecule has 0 saturated heterocycles. The largest absolute Gasteiger partial charge is 0.398 e. The van der Waals surface area contributed by atoms with Crippen LogP contribution in [0.15, 0.2) is 21.1 Å². The van der Waals surface area contributed by atoms with E-state index in [0.29, 0.717) is 11.3 Å². The van der Waals surface area contributed by atoms with Gasteiger partial charge in [-0.25, -0.2) is 0 Å². The quantitative estimate of drug-likeness (QED) is 0.533. The molecule has 0 heterocycles. The molecule has 5 heteroatoms. The molecule has 0 radical (unpaired) electrons. The zero-order chi connectivity index (χ0) is 13.1. The monoisotopic (exact) mass is 392 g/mol. The maximum Gasteiger partial charge on any atom is 0.0504 e. The molecule has 1 aliphatic rings. The number of hydrogen-bond donors (Lipinski definition) is 3. The van der Waals surface area contributed by atoms with Crippen LogP contribution in [0.25, 0.3) is 0 Å². The minimum Gasteiger partial charge on any atom is -0.398 e. The Balaban J connectivity index is 1.94. The Hall–Kier alpha value is 0.290. The van der Waals surface area contributed by atoms with E-state index in [2.05, 4.69) is 55.9 Å². The van der Waals surface area contributed by atoms with Gasteiger partial charge in [0.1, 0.15) is 0 Å². The smallest absolute Gasteiger partial charge is 0.0504 e. The zero-order valence-corrected chi connectivity index (χ0v) is 14.2. The minimum atomic E-state index is 0.591. The van der Waals surface area contributed by atoms with Gasteiger partial charge < -0.3 is 11.1 Å². The van der Waals surface area contributed by atoms with Crippen LogP contribution in [0.2, 0.25) is 0 Å². The fourth-order valence-corrected chi connectivity index (χ4v) is 3.93. The summed E-state index contributed by atoms with van der Waals surface area (Å²) in [5.41, 5.74) is 8.04. The van der Waals surface area contributed by atoms with Crippen LogP contribution in [0, 0.1) is 0 Å². The number of nitrogens with two attached hydrogens (primary N) is 1. The van der Waals surface area contributed by atoms with Crippen LogP contribution in [-0.2, 0) is 6.54 Å². The van der Waals surface area contributed by atoms with Gasteiger partial charge in [-0.1, -0.05) is 15.9 Å². The SMILES string of the molecule is Nc1c(Br)cc(Br)cc1CN[C@H]1CC[C@H](S)CC1. The van der Waals surface area contributed by atoms with Crippen molar-refractivity contribution >= 4 is 50.2 Å². The van der Waals surface area contributed by atoms with E-state index in [0.717, 1.165) is 26.7 Å². The number of thiol groups is 1. The van der Waals surface area contributed by atoms with Gasteiger partial charge in [0.25, 0.3) is 0 Å². The molecule has 2 nitrogen and oxygen atoms in total. The van der Waals surface area contributed by atoms with E-state index >= 15 is 0 Å². The maximum absolute atomic E-state index is 6.07. The Bertz CT molecular complexity index is 418. The Kier molecular flexibility index (Phi) is 5.42. The number of benzene rings is 1. The molecule has 100 valence electrons. The van der Waals surface area contributed by atoms with Gasteiger partial charge >= 0.3 is 0 Å². The summed E-state index contributed by atoms with van der Waals surface area (Å²) in [6.07, 6.45) is 4.84. The van der Waals surface area contributed by atoms with E-state index in [1.54, 1.807) is 0 Å². The lowest BCUT2D eigenvalue weighted by Gasteiger charge is -2.26. The van der Waals surface area contributed by atoms with Gasteiger partial charge in [0.15, 0.2) is 0 Å². The van der Waals surface area contributed by atoms with Crippen molar-refractivity contribution in [1.82, 2.24) is 5.32 Å². The predicted octanol–water partition coefficient (Wildman–Crippen LogP) is 4.12. The number of anilines is 1. The molecule has 18 heavy (non-hydrogen) atoms. The molecule has 1 aromatic rings. The standard InChI is InChI=1S/C13H18Br2N2S/c14-9-5-8(13(16)12(15)6-9)7-17-10-1-3-11(18)4-2-10/h5-6,10-11,17-18H,1-4,7,16H2/t10-,11-. The molecule has 1 aromatic carbocycles. The molecule has 1 fully saturated rings. The molecule has 0 spiro atoms. The zero-order valence-electron chi connectivity index (χ0n) is 10.1. The van der Waals surface area contributed by atoms with E-state index in [1.165, 1.54) is 25.7 Å². The number of rotatable bonds is 3. The second-order valence-electron chi connectivity index (χ2n) is 4.85. The summed E-state index contributed by atoms with van der Waals surface area (Å²) in [5, 5.41) is 4.19. The molecule has 0 amide bonds. The second kappa shape index (κ2) is 6.64. The fraction of sp³-hybridized carbons (Fsp3) is 0.538. The molecule has 0 atom stereocenters. The second-order valence-corrected chi connectivity index (χ2v) is 7.35. The Morgan fingerprint density at radius 1 is 1.22 bits per heavy atom. The van der Waals surface area contributed by atoms with Crippen molar-refractivity contribution in [1.29, 1.82) is 0 Å². The highest BCUT2D eigenvalue weighted by atomic mass is 79.9. The van der Waals surface area contributed by atoms with Crippen LogP contribution in [0.4, 0.5) is 5.69 Å². The first kappa shape index (κ1) is 14.7. The normalized spacial score (nSPS) is 24.2. The van der Waals surface area contributed by atoms with Crippen LogP contribution in [0.1, 0.15) is 31.2 Å². The molecule has 0 aromatic heterocycles. The van der Waals surface area contributed by atoms with Gasteiger partial charge in [0.05, 0.1) is 5.69 Å². The van der Waals surface area contributed by atoms with Gasteiger partial charge in [-0.3, -0.25) is 0 Å². The first-order valence-electron chi connectivity index (χ1n) is 6.21. The van der Waals surface area contributed by atoms with E-state index in [1.807, 2.05) is 6.07 Å². The molecular weight excluding hydrogens is 376 g/mol. The number of hydrogen-bond acceptors (Lipinski definition) is 3. The fourth-order valence-electron chi connectivity index (χ4n) is 2.32. The number of nitrogen functional groups attached to an aromatic ring is 1. The van der Waals surface area contributed by atoms with Gasteiger partial charge in [-0.15, -0.1) is 0 Å². The van der Waals surface area contributed by atoms with E-state index < -0.39 is 0 Å². The summed E-state index contributed by atoms with van der Waals surface area (Å²) < 4.78 is 2.01. The summed E-state index contributed by atoms with van der Waals surface area (Å²) >= 11 is 11.5. The van der Waals surface area contributed by atoms with Crippen LogP contribution in [-0.4, -0.2) is 11.3 Å². The van der Waals surface area contributed by atoms with Crippen molar-refractivity contribution in [3.63, 3.8) is 0 Å². The highest BCUT2D eigenvalue weighted by Gasteiger charge is 2.18. The van der Waals surface area contributed by atoms with E-state index in [9.17, 15) is 0 Å². The van der Waals surface area contributed by atoms with Gasteiger partial charge in [-0.2, -0.15) is 12.6 Å². The Morgan fingerprint density at radius 3 is 2.56 bits per heavy atom. The molecular formula is C13H18Br2N2S. The third-order valence-electron chi connectivity index (χ3n) is 3.46. The van der Waals surface area contributed by atoms with Crippen molar-refractivity contribution in [3.05, 3.63) is 26.6 Å². The summed E-state index contributed by atoms with van der Waals surface area (Å²) in [6.45, 7) is 0.825. The third-order valence-corrected chi connectivity index (χ3v) is 5.09. The summed E-state index contributed by atoms with van der Waals surface area (Å²) in [6, 6.07) is 4.66. The minimum absolute atomic E-state index is 0.591. The number of nitrogens with one attached hydrogen (secondary N) is 1. The van der Waals surface area contributed by atoms with Crippen LogP contribution in [0.3, 0.4) is 0 Å². The first-order chi connectivity index (χ1) is 8.56. The third kappa shape index (κ3) is 3.89. The Labute approximate surface area is 131 Å². The lowest BCUT2D eigenvalue weighted by atomic mass is 9.95. The maximum atomic E-state index is 6.07. The predicted molar refractivity (Wildman–Crippen MR) is 88.1 cm³/mol. The topological polar surface area (TPSA) is 38.0 Å². The average molecular weight is 394 g/mol. The molecule has 2 rings (SSSR count).